The first-order valence-electron chi connectivity index (χ1n) is 11.5. The minimum absolute atomic E-state index is 0.175. The average Bonchev–Trinajstić information content (AvgIpc) is 3.62. The zero-order valence-electron chi connectivity index (χ0n) is 20.1. The lowest BCUT2D eigenvalue weighted by atomic mass is 9.82. The monoisotopic (exact) mass is 473 g/mol. The Bertz CT molecular complexity index is 1330. The second kappa shape index (κ2) is 8.57. The molecule has 3 aromatic rings. The minimum atomic E-state index is -0.938. The first-order valence-corrected chi connectivity index (χ1v) is 11.5. The number of benzene rings is 1. The normalized spacial score (nSPS) is 17.7. The van der Waals surface area contributed by atoms with Crippen molar-refractivity contribution in [3.63, 3.8) is 0 Å². The predicted octanol–water partition coefficient (Wildman–Crippen LogP) is 4.04. The van der Waals surface area contributed by atoms with Crippen LogP contribution in [-0.2, 0) is 14.9 Å². The summed E-state index contributed by atoms with van der Waals surface area (Å²) in [4.78, 5) is 28.3. The largest absolute Gasteiger partial charge is 0.501 e. The number of ether oxygens (including phenoxy) is 1. The number of fused-ring (bicyclic) bond motifs is 1. The van der Waals surface area contributed by atoms with Gasteiger partial charge in [0.1, 0.15) is 17.7 Å². The third kappa shape index (κ3) is 3.54. The molecule has 2 aromatic heterocycles. The van der Waals surface area contributed by atoms with E-state index >= 15 is 0 Å². The van der Waals surface area contributed by atoms with Crippen molar-refractivity contribution in [1.82, 2.24) is 20.7 Å². The summed E-state index contributed by atoms with van der Waals surface area (Å²) in [6, 6.07) is 8.85. The number of hydrogen-bond donors (Lipinski definition) is 2. The third-order valence-corrected chi connectivity index (χ3v) is 6.75. The highest BCUT2D eigenvalue weighted by molar-refractivity contribution is 6.11. The van der Waals surface area contributed by atoms with Gasteiger partial charge in [-0.05, 0) is 32.4 Å². The topological polar surface area (TPSA) is 113 Å². The summed E-state index contributed by atoms with van der Waals surface area (Å²) in [5, 5.41) is 14.1. The van der Waals surface area contributed by atoms with E-state index in [9.17, 15) is 9.59 Å². The van der Waals surface area contributed by atoms with Crippen LogP contribution in [0, 0.1) is 0 Å². The first-order chi connectivity index (χ1) is 16.9. The third-order valence-electron chi connectivity index (χ3n) is 6.75. The zero-order valence-corrected chi connectivity index (χ0v) is 20.1. The van der Waals surface area contributed by atoms with Gasteiger partial charge in [0.15, 0.2) is 5.69 Å². The second-order valence-electron chi connectivity index (χ2n) is 9.10. The number of carbonyl (C=O) groups excluding carboxylic acids is 2. The smallest absolute Gasteiger partial charge is 0.280 e. The Hall–Kier alpha value is -4.14. The molecule has 9 heteroatoms. The van der Waals surface area contributed by atoms with E-state index in [1.165, 1.54) is 6.26 Å². The maximum Gasteiger partial charge on any atom is 0.280 e. The molecule has 35 heavy (non-hydrogen) atoms. The fourth-order valence-electron chi connectivity index (χ4n) is 4.88. The van der Waals surface area contributed by atoms with Crippen molar-refractivity contribution in [3.05, 3.63) is 77.0 Å². The lowest BCUT2D eigenvalue weighted by Gasteiger charge is -2.31. The van der Waals surface area contributed by atoms with Crippen molar-refractivity contribution in [2.45, 2.75) is 38.1 Å². The molecule has 0 radical (unpaired) electrons. The molecule has 1 atom stereocenters. The molecule has 9 nitrogen and oxygen atoms in total. The van der Waals surface area contributed by atoms with Crippen molar-refractivity contribution < 1.29 is 18.8 Å². The van der Waals surface area contributed by atoms with Crippen LogP contribution < -0.4 is 10.2 Å². The molecule has 0 saturated heterocycles. The number of hydrogen-bond acceptors (Lipinski definition) is 6. The van der Waals surface area contributed by atoms with Crippen LogP contribution in [0.3, 0.4) is 0 Å². The number of amides is 2. The van der Waals surface area contributed by atoms with E-state index in [-0.39, 0.29) is 11.8 Å². The van der Waals surface area contributed by atoms with Crippen molar-refractivity contribution >= 4 is 17.5 Å². The SMILES string of the molecule is CNC(=O)C(C)(C)c1[nH]nc2c1C(C1=C(OC)CCC=C1)N(c1ccc(-c3ccon3)cc1)C2=O. The molecule has 2 amide bonds. The molecule has 0 fully saturated rings. The summed E-state index contributed by atoms with van der Waals surface area (Å²) >= 11 is 0. The highest BCUT2D eigenvalue weighted by Gasteiger charge is 2.48. The molecular formula is C26H27N5O4. The number of carbonyl (C=O) groups is 2. The number of H-pyrrole nitrogens is 1. The Morgan fingerprint density at radius 1 is 1.26 bits per heavy atom. The van der Waals surface area contributed by atoms with Crippen molar-refractivity contribution in [3.8, 4) is 11.3 Å². The van der Waals surface area contributed by atoms with Crippen molar-refractivity contribution in [2.24, 2.45) is 0 Å². The van der Waals surface area contributed by atoms with Gasteiger partial charge in [0.25, 0.3) is 5.91 Å². The van der Waals surface area contributed by atoms with Gasteiger partial charge in [-0.2, -0.15) is 5.10 Å². The number of anilines is 1. The van der Waals surface area contributed by atoms with Gasteiger partial charge in [0, 0.05) is 41.9 Å². The summed E-state index contributed by atoms with van der Waals surface area (Å²) in [5.41, 5.74) is 3.84. The number of aromatic amines is 1. The van der Waals surface area contributed by atoms with Crippen LogP contribution in [0.2, 0.25) is 0 Å². The Balaban J connectivity index is 1.67. The number of likely N-dealkylation sites (N-methyl/N-ethyl adjacent to an activating group) is 1. The number of nitrogens with one attached hydrogen (secondary N) is 2. The first kappa shape index (κ1) is 22.6. The van der Waals surface area contributed by atoms with Gasteiger partial charge in [-0.3, -0.25) is 19.6 Å². The molecule has 3 heterocycles. The molecule has 1 aliphatic heterocycles. The lowest BCUT2D eigenvalue weighted by molar-refractivity contribution is -0.125. The van der Waals surface area contributed by atoms with Gasteiger partial charge in [-0.1, -0.05) is 29.4 Å². The van der Waals surface area contributed by atoms with Crippen LogP contribution in [0.1, 0.15) is 54.5 Å². The van der Waals surface area contributed by atoms with Crippen LogP contribution in [-0.4, -0.2) is 41.3 Å². The number of aromatic nitrogens is 3. The number of nitrogens with zero attached hydrogens (tertiary/aromatic N) is 3. The minimum Gasteiger partial charge on any atom is -0.501 e. The highest BCUT2D eigenvalue weighted by atomic mass is 16.5. The van der Waals surface area contributed by atoms with E-state index in [1.807, 2.05) is 44.2 Å². The fraction of sp³-hybridized carbons (Fsp3) is 0.308. The van der Waals surface area contributed by atoms with Crippen LogP contribution in [0.5, 0.6) is 0 Å². The van der Waals surface area contributed by atoms with Crippen molar-refractivity contribution in [1.29, 1.82) is 0 Å². The van der Waals surface area contributed by atoms with Gasteiger partial charge in [-0.25, -0.2) is 0 Å². The van der Waals surface area contributed by atoms with E-state index in [0.717, 1.165) is 29.7 Å². The number of rotatable bonds is 6. The Morgan fingerprint density at radius 3 is 2.69 bits per heavy atom. The van der Waals surface area contributed by atoms with Crippen LogP contribution in [0.4, 0.5) is 5.69 Å². The molecule has 2 aliphatic rings. The van der Waals surface area contributed by atoms with E-state index in [1.54, 1.807) is 25.1 Å². The van der Waals surface area contributed by atoms with Gasteiger partial charge in [-0.15, -0.1) is 0 Å². The summed E-state index contributed by atoms with van der Waals surface area (Å²) in [7, 11) is 3.25. The quantitative estimate of drug-likeness (QED) is 0.559. The fourth-order valence-corrected chi connectivity index (χ4v) is 4.88. The molecule has 0 spiro atoms. The maximum absolute atomic E-state index is 13.8. The molecular weight excluding hydrogens is 446 g/mol. The van der Waals surface area contributed by atoms with E-state index in [0.29, 0.717) is 28.3 Å². The number of allylic oxidation sites excluding steroid dienone is 2. The van der Waals surface area contributed by atoms with Crippen LogP contribution in [0.25, 0.3) is 11.3 Å². The lowest BCUT2D eigenvalue weighted by Crippen LogP contribution is -2.40. The van der Waals surface area contributed by atoms with Gasteiger partial charge in [0.05, 0.1) is 24.3 Å². The van der Waals surface area contributed by atoms with Gasteiger partial charge < -0.3 is 14.6 Å². The molecule has 1 aliphatic carbocycles. The average molecular weight is 474 g/mol. The Labute approximate surface area is 202 Å². The van der Waals surface area contributed by atoms with Crippen LogP contribution in [0.15, 0.2) is 64.6 Å². The summed E-state index contributed by atoms with van der Waals surface area (Å²) in [5.74, 6) is 0.397. The van der Waals surface area contributed by atoms with Gasteiger partial charge in [0.2, 0.25) is 5.91 Å². The molecule has 0 saturated carbocycles. The molecule has 180 valence electrons. The van der Waals surface area contributed by atoms with Gasteiger partial charge >= 0.3 is 0 Å². The maximum atomic E-state index is 13.8. The zero-order chi connectivity index (χ0) is 24.7. The standard InChI is InChI=1S/C26H27N5O4/c1-26(2,25(33)27-3)23-20-21(28-29-23)24(32)31(22(20)17-7-5-6-8-19(17)34-4)16-11-9-15(10-12-16)18-13-14-35-30-18/h5,7,9-14,22H,6,8H2,1-4H3,(H,27,33)(H,28,29). The van der Waals surface area contributed by atoms with E-state index < -0.39 is 11.5 Å². The summed E-state index contributed by atoms with van der Waals surface area (Å²) < 4.78 is 10.7. The Morgan fingerprint density at radius 2 is 2.03 bits per heavy atom. The highest BCUT2D eigenvalue weighted by Crippen LogP contribution is 2.47. The predicted molar refractivity (Wildman–Crippen MR) is 130 cm³/mol. The molecule has 0 bridgehead atoms. The molecule has 1 aromatic carbocycles. The molecule has 5 rings (SSSR count). The van der Waals surface area contributed by atoms with Crippen molar-refractivity contribution in [2.75, 3.05) is 19.1 Å². The second-order valence-corrected chi connectivity index (χ2v) is 9.10. The van der Waals surface area contributed by atoms with E-state index in [4.69, 9.17) is 9.26 Å². The summed E-state index contributed by atoms with van der Waals surface area (Å²) in [6.07, 6.45) is 7.19. The molecule has 1 unspecified atom stereocenters. The van der Waals surface area contributed by atoms with E-state index in [2.05, 4.69) is 26.7 Å². The van der Waals surface area contributed by atoms with Crippen LogP contribution >= 0.6 is 0 Å². The molecule has 2 N–H and O–H groups in total. The number of methoxy groups -OCH3 is 1. The Kier molecular flexibility index (Phi) is 5.55. The summed E-state index contributed by atoms with van der Waals surface area (Å²) in [6.45, 7) is 3.64.